The van der Waals surface area contributed by atoms with Gasteiger partial charge in [0.05, 0.1) is 12.2 Å². The Hall–Kier alpha value is -1.56. The highest BCUT2D eigenvalue weighted by atomic mass is 16.2. The van der Waals surface area contributed by atoms with Gasteiger partial charge in [-0.05, 0) is 50.9 Å². The molecule has 6 heteroatoms. The van der Waals surface area contributed by atoms with E-state index in [1.54, 1.807) is 0 Å². The fourth-order valence-corrected chi connectivity index (χ4v) is 3.87. The maximum absolute atomic E-state index is 12.9. The third-order valence-electron chi connectivity index (χ3n) is 5.46. The van der Waals surface area contributed by atoms with Gasteiger partial charge in [-0.25, -0.2) is 4.79 Å². The molecule has 134 valence electrons. The molecule has 0 N–H and O–H groups in total. The smallest absolute Gasteiger partial charge is 0.320 e. The van der Waals surface area contributed by atoms with Crippen molar-refractivity contribution >= 4 is 6.03 Å². The molecule has 1 atom stereocenters. The first-order valence-corrected chi connectivity index (χ1v) is 9.48. The number of rotatable bonds is 5. The lowest BCUT2D eigenvalue weighted by molar-refractivity contribution is 0.148. The van der Waals surface area contributed by atoms with E-state index in [2.05, 4.69) is 39.5 Å². The van der Waals surface area contributed by atoms with E-state index in [0.29, 0.717) is 12.5 Å². The van der Waals surface area contributed by atoms with Gasteiger partial charge in [0.2, 0.25) is 0 Å². The van der Waals surface area contributed by atoms with Crippen LogP contribution in [-0.4, -0.2) is 69.8 Å². The summed E-state index contributed by atoms with van der Waals surface area (Å²) in [6.07, 6.45) is 5.26. The lowest BCUT2D eigenvalue weighted by atomic mass is 10.0. The molecular weight excluding hydrogens is 302 g/mol. The van der Waals surface area contributed by atoms with Crippen LogP contribution in [-0.2, 0) is 13.1 Å². The first-order chi connectivity index (χ1) is 11.7. The predicted molar refractivity (Wildman–Crippen MR) is 94.7 cm³/mol. The van der Waals surface area contributed by atoms with Gasteiger partial charge in [0.25, 0.3) is 0 Å². The quantitative estimate of drug-likeness (QED) is 0.830. The normalized spacial score (nSPS) is 21.2. The van der Waals surface area contributed by atoms with Gasteiger partial charge in [-0.2, -0.15) is 5.10 Å². The van der Waals surface area contributed by atoms with Crippen molar-refractivity contribution in [3.63, 3.8) is 0 Å². The monoisotopic (exact) mass is 333 g/mol. The first kappa shape index (κ1) is 17.3. The summed E-state index contributed by atoms with van der Waals surface area (Å²) in [5, 5.41) is 4.48. The van der Waals surface area contributed by atoms with Gasteiger partial charge in [0.1, 0.15) is 0 Å². The molecule has 2 aliphatic rings. The average Bonchev–Trinajstić information content (AvgIpc) is 3.24. The Labute approximate surface area is 145 Å². The minimum Gasteiger partial charge on any atom is -0.325 e. The lowest BCUT2D eigenvalue weighted by Gasteiger charge is -2.29. The summed E-state index contributed by atoms with van der Waals surface area (Å²) in [6, 6.07) is 2.27. The summed E-state index contributed by atoms with van der Waals surface area (Å²) < 4.78 is 2.10. The van der Waals surface area contributed by atoms with Crippen molar-refractivity contribution in [2.24, 2.45) is 5.92 Å². The molecule has 24 heavy (non-hydrogen) atoms. The highest BCUT2D eigenvalue weighted by Gasteiger charge is 2.29. The van der Waals surface area contributed by atoms with Gasteiger partial charge in [0, 0.05) is 32.4 Å². The number of fused-ring (bicyclic) bond motifs is 1. The number of aromatic nitrogens is 2. The Morgan fingerprint density at radius 1 is 1.21 bits per heavy atom. The van der Waals surface area contributed by atoms with Gasteiger partial charge in [-0.3, -0.25) is 4.68 Å². The molecule has 0 bridgehead atoms. The van der Waals surface area contributed by atoms with E-state index in [0.717, 1.165) is 70.8 Å². The number of likely N-dealkylation sites (tertiary alicyclic amines) is 1. The summed E-state index contributed by atoms with van der Waals surface area (Å²) in [5.74, 6) is 0.471. The van der Waals surface area contributed by atoms with E-state index in [9.17, 15) is 4.79 Å². The zero-order valence-electron chi connectivity index (χ0n) is 15.2. The second-order valence-corrected chi connectivity index (χ2v) is 7.04. The predicted octanol–water partition coefficient (Wildman–Crippen LogP) is 2.26. The van der Waals surface area contributed by atoms with Crippen LogP contribution in [0.2, 0.25) is 0 Å². The van der Waals surface area contributed by atoms with Crippen molar-refractivity contribution in [2.45, 2.75) is 46.2 Å². The third-order valence-corrected chi connectivity index (χ3v) is 5.46. The molecule has 0 radical (unpaired) electrons. The van der Waals surface area contributed by atoms with E-state index in [1.807, 2.05) is 11.1 Å². The van der Waals surface area contributed by atoms with Crippen molar-refractivity contribution in [1.82, 2.24) is 24.5 Å². The molecule has 0 saturated carbocycles. The summed E-state index contributed by atoms with van der Waals surface area (Å²) >= 11 is 0. The van der Waals surface area contributed by atoms with Crippen LogP contribution in [0.4, 0.5) is 4.79 Å². The minimum atomic E-state index is 0.218. The highest BCUT2D eigenvalue weighted by Crippen LogP contribution is 2.21. The van der Waals surface area contributed by atoms with Crippen molar-refractivity contribution < 1.29 is 4.79 Å². The van der Waals surface area contributed by atoms with Gasteiger partial charge < -0.3 is 14.7 Å². The molecule has 0 unspecified atom stereocenters. The first-order valence-electron chi connectivity index (χ1n) is 9.48. The van der Waals surface area contributed by atoms with E-state index in [4.69, 9.17) is 0 Å². The van der Waals surface area contributed by atoms with Crippen LogP contribution >= 0.6 is 0 Å². The van der Waals surface area contributed by atoms with Crippen LogP contribution in [0, 0.1) is 5.92 Å². The molecule has 0 aromatic carbocycles. The zero-order valence-corrected chi connectivity index (χ0v) is 15.2. The Morgan fingerprint density at radius 2 is 1.96 bits per heavy atom. The van der Waals surface area contributed by atoms with Gasteiger partial charge in [-0.1, -0.05) is 13.8 Å². The summed E-state index contributed by atoms with van der Waals surface area (Å²) in [7, 11) is 0. The summed E-state index contributed by atoms with van der Waals surface area (Å²) in [4.78, 5) is 19.4. The van der Waals surface area contributed by atoms with E-state index in [-0.39, 0.29) is 6.03 Å². The van der Waals surface area contributed by atoms with E-state index >= 15 is 0 Å². The molecule has 1 saturated heterocycles. The van der Waals surface area contributed by atoms with Crippen LogP contribution < -0.4 is 0 Å². The van der Waals surface area contributed by atoms with Crippen LogP contribution in [0.3, 0.4) is 0 Å². The second kappa shape index (κ2) is 8.01. The van der Waals surface area contributed by atoms with E-state index < -0.39 is 0 Å². The lowest BCUT2D eigenvalue weighted by Crippen LogP contribution is -2.43. The van der Waals surface area contributed by atoms with Gasteiger partial charge in [-0.15, -0.1) is 0 Å². The molecule has 6 nitrogen and oxygen atoms in total. The third kappa shape index (κ3) is 3.91. The average molecular weight is 333 g/mol. The summed E-state index contributed by atoms with van der Waals surface area (Å²) in [6.45, 7) is 12.0. The Kier molecular flexibility index (Phi) is 5.76. The topological polar surface area (TPSA) is 44.6 Å². The van der Waals surface area contributed by atoms with Crippen molar-refractivity contribution in [3.8, 4) is 0 Å². The molecule has 0 spiro atoms. The molecule has 1 fully saturated rings. The van der Waals surface area contributed by atoms with Crippen LogP contribution in [0.5, 0.6) is 0 Å². The highest BCUT2D eigenvalue weighted by molar-refractivity contribution is 5.74. The number of hydrogen-bond donors (Lipinski definition) is 0. The Morgan fingerprint density at radius 3 is 2.67 bits per heavy atom. The Balaban J connectivity index is 1.69. The second-order valence-electron chi connectivity index (χ2n) is 7.04. The molecular formula is C18H31N5O. The molecule has 0 aliphatic carbocycles. The largest absolute Gasteiger partial charge is 0.325 e. The minimum absolute atomic E-state index is 0.218. The molecule has 3 heterocycles. The molecule has 3 rings (SSSR count). The van der Waals surface area contributed by atoms with Crippen LogP contribution in [0.15, 0.2) is 12.3 Å². The van der Waals surface area contributed by atoms with Gasteiger partial charge >= 0.3 is 6.03 Å². The van der Waals surface area contributed by atoms with Crippen LogP contribution in [0.25, 0.3) is 0 Å². The standard InChI is InChI=1S/C18H31N5O/c1-3-20(4-2)12-8-16-13-22(18(24)21-10-5-6-11-21)15-17-7-9-19-23(17)14-16/h7,9,16H,3-6,8,10-15H2,1-2H3/t16-/m1/s1. The fraction of sp³-hybridized carbons (Fsp3) is 0.778. The van der Waals surface area contributed by atoms with Crippen LogP contribution in [0.1, 0.15) is 38.8 Å². The fourth-order valence-electron chi connectivity index (χ4n) is 3.87. The number of amides is 2. The maximum Gasteiger partial charge on any atom is 0.320 e. The van der Waals surface area contributed by atoms with E-state index in [1.165, 1.54) is 0 Å². The molecule has 1 aromatic heterocycles. The maximum atomic E-state index is 12.9. The van der Waals surface area contributed by atoms with Crippen molar-refractivity contribution in [2.75, 3.05) is 39.3 Å². The molecule has 1 aromatic rings. The molecule has 2 aliphatic heterocycles. The zero-order chi connectivity index (χ0) is 16.9. The van der Waals surface area contributed by atoms with Crippen molar-refractivity contribution in [1.29, 1.82) is 0 Å². The number of nitrogens with zero attached hydrogens (tertiary/aromatic N) is 5. The SMILES string of the molecule is CCN(CC)CC[C@@H]1CN(C(=O)N2CCCC2)Cc2ccnn2C1. The molecule has 2 amide bonds. The number of urea groups is 1. The number of carbonyl (C=O) groups excluding carboxylic acids is 1. The number of carbonyl (C=O) groups is 1. The number of hydrogen-bond acceptors (Lipinski definition) is 3. The summed E-state index contributed by atoms with van der Waals surface area (Å²) in [5.41, 5.74) is 1.16. The Bertz CT molecular complexity index is 533. The van der Waals surface area contributed by atoms with Crippen molar-refractivity contribution in [3.05, 3.63) is 18.0 Å². The van der Waals surface area contributed by atoms with Gasteiger partial charge in [0.15, 0.2) is 0 Å².